The van der Waals surface area contributed by atoms with Crippen molar-refractivity contribution in [1.82, 2.24) is 15.3 Å². The van der Waals surface area contributed by atoms with E-state index < -0.39 is 11.0 Å². The molecule has 1 heterocycles. The maximum absolute atomic E-state index is 10.8. The first-order valence-electron chi connectivity index (χ1n) is 4.97. The monoisotopic (exact) mass is 255 g/mol. The van der Waals surface area contributed by atoms with Gasteiger partial charge in [0.05, 0.1) is 4.92 Å². The van der Waals surface area contributed by atoms with E-state index in [1.807, 2.05) is 0 Å². The molecule has 98 valence electrons. The van der Waals surface area contributed by atoms with Crippen LogP contribution in [-0.2, 0) is 0 Å². The van der Waals surface area contributed by atoms with Crippen LogP contribution in [0.15, 0.2) is 0 Å². The van der Waals surface area contributed by atoms with E-state index in [1.165, 1.54) is 6.92 Å². The summed E-state index contributed by atoms with van der Waals surface area (Å²) in [4.78, 5) is 28.1. The highest BCUT2D eigenvalue weighted by Gasteiger charge is 2.20. The van der Waals surface area contributed by atoms with Gasteiger partial charge in [-0.25, -0.2) is 9.78 Å². The second kappa shape index (κ2) is 5.61. The molecule has 18 heavy (non-hydrogen) atoms. The predicted molar refractivity (Wildman–Crippen MR) is 63.9 cm³/mol. The average Bonchev–Trinajstić information content (AvgIpc) is 2.22. The van der Waals surface area contributed by atoms with Gasteiger partial charge in [-0.05, 0) is 6.92 Å². The molecule has 0 aliphatic carbocycles. The molecule has 0 aliphatic rings. The van der Waals surface area contributed by atoms with Crippen LogP contribution >= 0.6 is 0 Å². The molecular weight excluding hydrogens is 242 g/mol. The Morgan fingerprint density at radius 3 is 2.67 bits per heavy atom. The first-order chi connectivity index (χ1) is 8.41. The molecule has 0 atom stereocenters. The number of aryl methyl sites for hydroxylation is 1. The molecule has 10 nitrogen and oxygen atoms in total. The predicted octanol–water partition coefficient (Wildman–Crippen LogP) is -0.644. The molecule has 0 fully saturated rings. The Hall–Kier alpha value is -2.65. The van der Waals surface area contributed by atoms with Crippen molar-refractivity contribution < 1.29 is 9.72 Å². The lowest BCUT2D eigenvalue weighted by molar-refractivity contribution is -0.385. The van der Waals surface area contributed by atoms with Gasteiger partial charge < -0.3 is 22.1 Å². The Bertz CT molecular complexity index is 476. The molecule has 0 saturated carbocycles. The molecule has 1 aromatic heterocycles. The molecule has 0 radical (unpaired) electrons. The lowest BCUT2D eigenvalue weighted by Gasteiger charge is -2.08. The first-order valence-corrected chi connectivity index (χ1v) is 4.97. The van der Waals surface area contributed by atoms with Gasteiger partial charge in [-0.2, -0.15) is 4.98 Å². The third kappa shape index (κ3) is 3.43. The van der Waals surface area contributed by atoms with Gasteiger partial charge in [0.15, 0.2) is 0 Å². The van der Waals surface area contributed by atoms with Crippen molar-refractivity contribution in [3.8, 4) is 0 Å². The van der Waals surface area contributed by atoms with E-state index in [-0.39, 0.29) is 36.2 Å². The average molecular weight is 255 g/mol. The fourth-order valence-electron chi connectivity index (χ4n) is 1.30. The standard InChI is InChI=1S/C8H13N7O3/c1-4-5(15(17)18)6(14-7(9)13-4)11-2-3-12-8(10)16/h2-3H2,1H3,(H3,10,12,16)(H3,9,11,13,14). The highest BCUT2D eigenvalue weighted by atomic mass is 16.6. The lowest BCUT2D eigenvalue weighted by atomic mass is 10.3. The van der Waals surface area contributed by atoms with Crippen LogP contribution in [0.4, 0.5) is 22.2 Å². The molecular formula is C8H13N7O3. The van der Waals surface area contributed by atoms with E-state index in [0.717, 1.165) is 0 Å². The van der Waals surface area contributed by atoms with E-state index in [4.69, 9.17) is 11.5 Å². The third-order valence-corrected chi connectivity index (χ3v) is 1.97. The lowest BCUT2D eigenvalue weighted by Crippen LogP contribution is -2.33. The summed E-state index contributed by atoms with van der Waals surface area (Å²) in [6.07, 6.45) is 0. The number of nitrogens with one attached hydrogen (secondary N) is 2. The minimum atomic E-state index is -0.676. The molecule has 2 amide bonds. The number of aromatic nitrogens is 2. The molecule has 0 spiro atoms. The number of anilines is 2. The Morgan fingerprint density at radius 1 is 1.44 bits per heavy atom. The van der Waals surface area contributed by atoms with Crippen molar-refractivity contribution in [2.75, 3.05) is 24.1 Å². The van der Waals surface area contributed by atoms with Crippen molar-refractivity contribution in [3.05, 3.63) is 15.8 Å². The number of nitrogen functional groups attached to an aromatic ring is 1. The first kappa shape index (κ1) is 13.4. The summed E-state index contributed by atoms with van der Waals surface area (Å²) in [5, 5.41) is 15.9. The van der Waals surface area contributed by atoms with Gasteiger partial charge in [0, 0.05) is 13.1 Å². The molecule has 0 bridgehead atoms. The number of amides is 2. The maximum atomic E-state index is 10.8. The number of rotatable bonds is 5. The van der Waals surface area contributed by atoms with Crippen molar-refractivity contribution in [2.24, 2.45) is 5.73 Å². The second-order valence-electron chi connectivity index (χ2n) is 3.34. The minimum absolute atomic E-state index is 0.0104. The van der Waals surface area contributed by atoms with Gasteiger partial charge in [-0.15, -0.1) is 0 Å². The van der Waals surface area contributed by atoms with Crippen LogP contribution in [0.25, 0.3) is 0 Å². The number of carbonyl (C=O) groups excluding carboxylic acids is 1. The fourth-order valence-corrected chi connectivity index (χ4v) is 1.30. The molecule has 10 heteroatoms. The van der Waals surface area contributed by atoms with Crippen LogP contribution in [0.2, 0.25) is 0 Å². The largest absolute Gasteiger partial charge is 0.368 e. The van der Waals surface area contributed by atoms with Gasteiger partial charge in [-0.3, -0.25) is 10.1 Å². The van der Waals surface area contributed by atoms with Crippen LogP contribution < -0.4 is 22.1 Å². The number of urea groups is 1. The van der Waals surface area contributed by atoms with Crippen LogP contribution in [0.3, 0.4) is 0 Å². The number of primary amides is 1. The van der Waals surface area contributed by atoms with Gasteiger partial charge >= 0.3 is 11.7 Å². The number of hydrogen-bond acceptors (Lipinski definition) is 7. The van der Waals surface area contributed by atoms with E-state index >= 15 is 0 Å². The summed E-state index contributed by atoms with van der Waals surface area (Å²) in [6, 6.07) is -0.676. The van der Waals surface area contributed by atoms with E-state index in [2.05, 4.69) is 20.6 Å². The summed E-state index contributed by atoms with van der Waals surface area (Å²) >= 11 is 0. The van der Waals surface area contributed by atoms with Crippen LogP contribution in [-0.4, -0.2) is 34.0 Å². The van der Waals surface area contributed by atoms with Crippen molar-refractivity contribution >= 4 is 23.5 Å². The molecule has 0 aromatic carbocycles. The van der Waals surface area contributed by atoms with Crippen molar-refractivity contribution in [3.63, 3.8) is 0 Å². The Labute approximate surface area is 102 Å². The number of nitrogens with zero attached hydrogens (tertiary/aromatic N) is 3. The molecule has 6 N–H and O–H groups in total. The Kier molecular flexibility index (Phi) is 4.18. The van der Waals surface area contributed by atoms with Crippen molar-refractivity contribution in [1.29, 1.82) is 0 Å². The normalized spacial score (nSPS) is 9.83. The quantitative estimate of drug-likeness (QED) is 0.308. The van der Waals surface area contributed by atoms with E-state index in [1.54, 1.807) is 0 Å². The van der Waals surface area contributed by atoms with Gasteiger partial charge in [-0.1, -0.05) is 0 Å². The second-order valence-corrected chi connectivity index (χ2v) is 3.34. The Balaban J connectivity index is 2.80. The van der Waals surface area contributed by atoms with Gasteiger partial charge in [0.2, 0.25) is 11.8 Å². The SMILES string of the molecule is Cc1nc(N)nc(NCCNC(N)=O)c1[N+](=O)[O-]. The van der Waals surface area contributed by atoms with Crippen molar-refractivity contribution in [2.45, 2.75) is 6.92 Å². The molecule has 1 aromatic rings. The topological polar surface area (TPSA) is 162 Å². The summed E-state index contributed by atoms with van der Waals surface area (Å²) in [6.45, 7) is 1.89. The summed E-state index contributed by atoms with van der Waals surface area (Å²) < 4.78 is 0. The number of nitro groups is 1. The van der Waals surface area contributed by atoms with E-state index in [9.17, 15) is 14.9 Å². The van der Waals surface area contributed by atoms with Crippen LogP contribution in [0.1, 0.15) is 5.69 Å². The molecule has 1 rings (SSSR count). The highest BCUT2D eigenvalue weighted by molar-refractivity contribution is 5.71. The number of carbonyl (C=O) groups is 1. The smallest absolute Gasteiger partial charge is 0.332 e. The highest BCUT2D eigenvalue weighted by Crippen LogP contribution is 2.25. The van der Waals surface area contributed by atoms with Gasteiger partial charge in [0.25, 0.3) is 0 Å². The Morgan fingerprint density at radius 2 is 2.11 bits per heavy atom. The fraction of sp³-hybridized carbons (Fsp3) is 0.375. The maximum Gasteiger partial charge on any atom is 0.332 e. The summed E-state index contributed by atoms with van der Waals surface area (Å²) in [7, 11) is 0. The number of nitrogens with two attached hydrogens (primary N) is 2. The zero-order chi connectivity index (χ0) is 13.7. The van der Waals surface area contributed by atoms with Gasteiger partial charge in [0.1, 0.15) is 5.69 Å². The zero-order valence-corrected chi connectivity index (χ0v) is 9.64. The molecule has 0 aliphatic heterocycles. The van der Waals surface area contributed by atoms with E-state index in [0.29, 0.717) is 0 Å². The summed E-state index contributed by atoms with van der Waals surface area (Å²) in [5.74, 6) is -0.0558. The molecule has 0 unspecified atom stereocenters. The zero-order valence-electron chi connectivity index (χ0n) is 9.64. The minimum Gasteiger partial charge on any atom is -0.368 e. The van der Waals surface area contributed by atoms with Crippen LogP contribution in [0, 0.1) is 17.0 Å². The molecule has 0 saturated heterocycles. The number of hydrogen-bond donors (Lipinski definition) is 4. The summed E-state index contributed by atoms with van der Waals surface area (Å²) in [5.41, 5.74) is 10.2. The third-order valence-electron chi connectivity index (χ3n) is 1.97. The van der Waals surface area contributed by atoms with Crippen LogP contribution in [0.5, 0.6) is 0 Å².